The molecule has 0 amide bonds. The van der Waals surface area contributed by atoms with Crippen LogP contribution in [0.3, 0.4) is 0 Å². The van der Waals surface area contributed by atoms with E-state index < -0.39 is 6.10 Å². The zero-order valence-electron chi connectivity index (χ0n) is 5.78. The summed E-state index contributed by atoms with van der Waals surface area (Å²) in [7, 11) is 0. The van der Waals surface area contributed by atoms with Crippen LogP contribution in [0.25, 0.3) is 0 Å². The molecule has 1 aromatic rings. The topological polar surface area (TPSA) is 64.6 Å². The highest BCUT2D eigenvalue weighted by Gasteiger charge is 1.97. The molecule has 0 aromatic carbocycles. The minimum Gasteiger partial charge on any atom is -0.412 e. The SMILES string of the molecule is CC(O)c1ccccn1.O. The van der Waals surface area contributed by atoms with Crippen molar-refractivity contribution >= 4 is 0 Å². The summed E-state index contributed by atoms with van der Waals surface area (Å²) in [5.74, 6) is 0. The molecular formula is C7H11NO2. The molecule has 10 heavy (non-hydrogen) atoms. The molecule has 1 unspecified atom stereocenters. The van der Waals surface area contributed by atoms with E-state index in [0.717, 1.165) is 5.69 Å². The maximum absolute atomic E-state index is 8.96. The fourth-order valence-electron chi connectivity index (χ4n) is 0.623. The Kier molecular flexibility index (Phi) is 3.61. The second-order valence-electron chi connectivity index (χ2n) is 1.93. The van der Waals surface area contributed by atoms with Gasteiger partial charge in [-0.05, 0) is 19.1 Å². The van der Waals surface area contributed by atoms with Gasteiger partial charge in [0.15, 0.2) is 0 Å². The van der Waals surface area contributed by atoms with Crippen LogP contribution in [0.2, 0.25) is 0 Å². The van der Waals surface area contributed by atoms with Crippen LogP contribution >= 0.6 is 0 Å². The molecule has 0 aliphatic rings. The van der Waals surface area contributed by atoms with Crippen LogP contribution in [0.5, 0.6) is 0 Å². The van der Waals surface area contributed by atoms with Gasteiger partial charge in [-0.3, -0.25) is 4.98 Å². The molecule has 3 N–H and O–H groups in total. The highest BCUT2D eigenvalue weighted by Crippen LogP contribution is 2.05. The molecule has 0 fully saturated rings. The monoisotopic (exact) mass is 141 g/mol. The van der Waals surface area contributed by atoms with Gasteiger partial charge in [0.1, 0.15) is 0 Å². The van der Waals surface area contributed by atoms with Gasteiger partial charge in [-0.2, -0.15) is 0 Å². The van der Waals surface area contributed by atoms with Crippen molar-refractivity contribution in [3.05, 3.63) is 30.1 Å². The van der Waals surface area contributed by atoms with Gasteiger partial charge in [0.2, 0.25) is 0 Å². The molecule has 0 aliphatic carbocycles. The van der Waals surface area contributed by atoms with Crippen molar-refractivity contribution in [3.63, 3.8) is 0 Å². The summed E-state index contributed by atoms with van der Waals surface area (Å²) in [5.41, 5.74) is 0.720. The third-order valence-corrected chi connectivity index (χ3v) is 1.12. The predicted octanol–water partition coefficient (Wildman–Crippen LogP) is 0.310. The lowest BCUT2D eigenvalue weighted by molar-refractivity contribution is 0.194. The Bertz CT molecular complexity index is 174. The first-order chi connectivity index (χ1) is 4.30. The van der Waals surface area contributed by atoms with Gasteiger partial charge >= 0.3 is 0 Å². The van der Waals surface area contributed by atoms with Crippen molar-refractivity contribution in [3.8, 4) is 0 Å². The number of aliphatic hydroxyl groups excluding tert-OH is 1. The number of hydrogen-bond donors (Lipinski definition) is 1. The highest BCUT2D eigenvalue weighted by atomic mass is 16.3. The van der Waals surface area contributed by atoms with E-state index >= 15 is 0 Å². The lowest BCUT2D eigenvalue weighted by Crippen LogP contribution is -1.92. The molecule has 1 atom stereocenters. The van der Waals surface area contributed by atoms with Crippen molar-refractivity contribution in [1.29, 1.82) is 0 Å². The van der Waals surface area contributed by atoms with Crippen LogP contribution < -0.4 is 0 Å². The number of pyridine rings is 1. The Morgan fingerprint density at radius 3 is 2.50 bits per heavy atom. The molecule has 56 valence electrons. The van der Waals surface area contributed by atoms with Crippen LogP contribution in [-0.4, -0.2) is 15.6 Å². The lowest BCUT2D eigenvalue weighted by Gasteiger charge is -1.99. The van der Waals surface area contributed by atoms with Gasteiger partial charge in [0, 0.05) is 6.20 Å². The average molecular weight is 141 g/mol. The highest BCUT2D eigenvalue weighted by molar-refractivity contribution is 5.05. The minimum absolute atomic E-state index is 0. The van der Waals surface area contributed by atoms with E-state index in [9.17, 15) is 0 Å². The van der Waals surface area contributed by atoms with E-state index in [1.807, 2.05) is 12.1 Å². The molecule has 1 rings (SSSR count). The molecule has 0 bridgehead atoms. The van der Waals surface area contributed by atoms with Crippen LogP contribution in [0.15, 0.2) is 24.4 Å². The summed E-state index contributed by atoms with van der Waals surface area (Å²) < 4.78 is 0. The molecule has 3 nitrogen and oxygen atoms in total. The third kappa shape index (κ3) is 2.13. The molecule has 1 heterocycles. The van der Waals surface area contributed by atoms with E-state index in [0.29, 0.717) is 0 Å². The van der Waals surface area contributed by atoms with Crippen molar-refractivity contribution in [2.24, 2.45) is 0 Å². The molecule has 0 spiro atoms. The summed E-state index contributed by atoms with van der Waals surface area (Å²) in [5, 5.41) is 8.96. The molecule has 3 heteroatoms. The zero-order chi connectivity index (χ0) is 6.69. The molecular weight excluding hydrogens is 130 g/mol. The van der Waals surface area contributed by atoms with Gasteiger partial charge in [-0.1, -0.05) is 6.07 Å². The quantitative estimate of drug-likeness (QED) is 0.611. The van der Waals surface area contributed by atoms with Gasteiger partial charge < -0.3 is 10.6 Å². The summed E-state index contributed by atoms with van der Waals surface area (Å²) >= 11 is 0. The Hall–Kier alpha value is -0.930. The summed E-state index contributed by atoms with van der Waals surface area (Å²) in [6, 6.07) is 5.48. The Morgan fingerprint density at radius 1 is 1.50 bits per heavy atom. The van der Waals surface area contributed by atoms with Crippen LogP contribution in [-0.2, 0) is 0 Å². The van der Waals surface area contributed by atoms with Gasteiger partial charge in [0.05, 0.1) is 11.8 Å². The normalized spacial score (nSPS) is 11.8. The molecule has 0 saturated carbocycles. The summed E-state index contributed by atoms with van der Waals surface area (Å²) in [6.45, 7) is 1.70. The largest absolute Gasteiger partial charge is 0.412 e. The summed E-state index contributed by atoms with van der Waals surface area (Å²) in [6.07, 6.45) is 1.22. The molecule has 0 aliphatic heterocycles. The smallest absolute Gasteiger partial charge is 0.0931 e. The molecule has 1 aromatic heterocycles. The van der Waals surface area contributed by atoms with E-state index in [-0.39, 0.29) is 5.48 Å². The Labute approximate surface area is 59.7 Å². The van der Waals surface area contributed by atoms with Crippen LogP contribution in [0.4, 0.5) is 0 Å². The van der Waals surface area contributed by atoms with Crippen LogP contribution in [0.1, 0.15) is 18.7 Å². The number of aliphatic hydroxyl groups is 1. The van der Waals surface area contributed by atoms with E-state index in [4.69, 9.17) is 5.11 Å². The first-order valence-corrected chi connectivity index (χ1v) is 2.89. The van der Waals surface area contributed by atoms with Gasteiger partial charge in [-0.25, -0.2) is 0 Å². The first kappa shape index (κ1) is 9.07. The number of aromatic nitrogens is 1. The molecule has 0 radical (unpaired) electrons. The first-order valence-electron chi connectivity index (χ1n) is 2.89. The van der Waals surface area contributed by atoms with Crippen molar-refractivity contribution in [2.75, 3.05) is 0 Å². The standard InChI is InChI=1S/C7H9NO.H2O/c1-6(9)7-4-2-3-5-8-7;/h2-6,9H,1H3;1H2. The van der Waals surface area contributed by atoms with E-state index in [2.05, 4.69) is 4.98 Å². The number of hydrogen-bond acceptors (Lipinski definition) is 2. The van der Waals surface area contributed by atoms with E-state index in [1.165, 1.54) is 0 Å². The van der Waals surface area contributed by atoms with E-state index in [1.54, 1.807) is 19.2 Å². The fraction of sp³-hybridized carbons (Fsp3) is 0.286. The van der Waals surface area contributed by atoms with Crippen molar-refractivity contribution in [2.45, 2.75) is 13.0 Å². The van der Waals surface area contributed by atoms with Crippen molar-refractivity contribution < 1.29 is 10.6 Å². The zero-order valence-corrected chi connectivity index (χ0v) is 5.78. The predicted molar refractivity (Wildman–Crippen MR) is 38.5 cm³/mol. The second kappa shape index (κ2) is 3.98. The number of nitrogens with zero attached hydrogens (tertiary/aromatic N) is 1. The Morgan fingerprint density at radius 2 is 2.20 bits per heavy atom. The maximum Gasteiger partial charge on any atom is 0.0931 e. The minimum atomic E-state index is -0.453. The maximum atomic E-state index is 8.96. The molecule has 0 saturated heterocycles. The summed E-state index contributed by atoms with van der Waals surface area (Å²) in [4.78, 5) is 3.93. The fourth-order valence-corrected chi connectivity index (χ4v) is 0.623. The average Bonchev–Trinajstić information content (AvgIpc) is 1.90. The van der Waals surface area contributed by atoms with Gasteiger partial charge in [-0.15, -0.1) is 0 Å². The number of rotatable bonds is 1. The van der Waals surface area contributed by atoms with Gasteiger partial charge in [0.25, 0.3) is 0 Å². The lowest BCUT2D eigenvalue weighted by atomic mass is 10.2. The Balaban J connectivity index is 0.000000810. The third-order valence-electron chi connectivity index (χ3n) is 1.12. The second-order valence-corrected chi connectivity index (χ2v) is 1.93. The van der Waals surface area contributed by atoms with Crippen molar-refractivity contribution in [1.82, 2.24) is 4.98 Å². The van der Waals surface area contributed by atoms with Crippen LogP contribution in [0, 0.1) is 0 Å².